The van der Waals surface area contributed by atoms with E-state index in [2.05, 4.69) is 0 Å². The summed E-state index contributed by atoms with van der Waals surface area (Å²) in [7, 11) is 0. The van der Waals surface area contributed by atoms with Crippen LogP contribution in [0, 0.1) is 0 Å². The Morgan fingerprint density at radius 2 is 0.711 bits per heavy atom. The summed E-state index contributed by atoms with van der Waals surface area (Å²) < 4.78 is 37.5. The molecule has 21 heteroatoms. The number of ether oxygens (including phenoxy) is 7. The molecule has 14 N–H and O–H groups in total. The maximum atomic E-state index is 11.0. The lowest BCUT2D eigenvalue weighted by molar-refractivity contribution is -0.388. The fourth-order valence-electron chi connectivity index (χ4n) is 5.53. The highest BCUT2D eigenvalue weighted by molar-refractivity contribution is 4.97. The summed E-state index contributed by atoms with van der Waals surface area (Å²) >= 11 is 0. The highest BCUT2D eigenvalue weighted by Gasteiger charge is 2.55. The summed E-state index contributed by atoms with van der Waals surface area (Å²) in [6.45, 7) is -3.40. The van der Waals surface area contributed by atoms with Crippen molar-refractivity contribution in [3.63, 3.8) is 0 Å². The summed E-state index contributed by atoms with van der Waals surface area (Å²) in [5, 5.41) is 143. The van der Waals surface area contributed by atoms with Gasteiger partial charge in [-0.1, -0.05) is 0 Å². The molecule has 0 spiro atoms. The molecule has 0 amide bonds. The number of aliphatic hydroxyl groups excluding tert-OH is 14. The van der Waals surface area contributed by atoms with Crippen LogP contribution in [-0.2, 0) is 33.2 Å². The molecule has 264 valence electrons. The highest BCUT2D eigenvalue weighted by Crippen LogP contribution is 2.34. The molecule has 20 atom stereocenters. The molecule has 0 bridgehead atoms. The Kier molecular flexibility index (Phi) is 12.8. The first kappa shape index (κ1) is 37.0. The molecule has 0 aromatic heterocycles. The second kappa shape index (κ2) is 15.6. The van der Waals surface area contributed by atoms with Crippen LogP contribution in [0.5, 0.6) is 0 Å². The predicted molar refractivity (Wildman–Crippen MR) is 134 cm³/mol. The Bertz CT molecular complexity index is 914. The molecule has 0 unspecified atom stereocenters. The van der Waals surface area contributed by atoms with E-state index in [1.54, 1.807) is 0 Å². The van der Waals surface area contributed by atoms with Gasteiger partial charge in [0.15, 0.2) is 25.2 Å². The monoisotopic (exact) mass is 666 g/mol. The van der Waals surface area contributed by atoms with Crippen molar-refractivity contribution in [2.24, 2.45) is 0 Å². The zero-order valence-corrected chi connectivity index (χ0v) is 23.5. The average Bonchev–Trinajstić information content (AvgIpc) is 3.03. The Morgan fingerprint density at radius 1 is 0.333 bits per heavy atom. The molecule has 0 aliphatic carbocycles. The van der Waals surface area contributed by atoms with E-state index < -0.39 is 149 Å². The van der Waals surface area contributed by atoms with Gasteiger partial charge in [0, 0.05) is 0 Å². The van der Waals surface area contributed by atoms with Crippen LogP contribution in [0.4, 0.5) is 0 Å². The van der Waals surface area contributed by atoms with Crippen molar-refractivity contribution in [2.75, 3.05) is 26.4 Å². The lowest BCUT2D eigenvalue weighted by Gasteiger charge is -2.49. The summed E-state index contributed by atoms with van der Waals surface area (Å²) in [6.07, 6.45) is -35.7. The van der Waals surface area contributed by atoms with Crippen molar-refractivity contribution < 1.29 is 105 Å². The maximum Gasteiger partial charge on any atom is 0.187 e. The Balaban J connectivity index is 1.48. The minimum atomic E-state index is -2.04. The zero-order valence-electron chi connectivity index (χ0n) is 23.5. The van der Waals surface area contributed by atoms with Gasteiger partial charge >= 0.3 is 0 Å². The van der Waals surface area contributed by atoms with Crippen molar-refractivity contribution in [2.45, 2.75) is 123 Å². The van der Waals surface area contributed by atoms with Crippen LogP contribution in [0.2, 0.25) is 0 Å². The molecular weight excluding hydrogens is 624 g/mol. The lowest BCUT2D eigenvalue weighted by atomic mass is 9.95. The fourth-order valence-corrected chi connectivity index (χ4v) is 5.53. The van der Waals surface area contributed by atoms with Crippen LogP contribution in [0.1, 0.15) is 0 Å². The van der Waals surface area contributed by atoms with E-state index in [-0.39, 0.29) is 0 Å². The SMILES string of the molecule is OC[C@H]1O[C@H](O[C@H]2[C@@H](O)[C@@H](CO)O[C@@H](O[C@@H]3[C@H](O)[C@@H](O)[C@@H](O[C@@H]4[C@@H](O)[C@H](O)O[C@H](CO)[C@@H]4O)O[C@@H]3CO)[C@@H]2O)[C@H](O)[C@@H](O)[C@H]1O. The predicted octanol–water partition coefficient (Wildman–Crippen LogP) is -9.75. The van der Waals surface area contributed by atoms with Gasteiger partial charge in [-0.15, -0.1) is 0 Å². The van der Waals surface area contributed by atoms with Gasteiger partial charge in [0.1, 0.15) is 97.7 Å². The van der Waals surface area contributed by atoms with Gasteiger partial charge in [-0.2, -0.15) is 0 Å². The van der Waals surface area contributed by atoms with E-state index in [1.807, 2.05) is 0 Å². The van der Waals surface area contributed by atoms with Gasteiger partial charge in [0.25, 0.3) is 0 Å². The van der Waals surface area contributed by atoms with Crippen LogP contribution < -0.4 is 0 Å². The topological polar surface area (TPSA) is 348 Å². The van der Waals surface area contributed by atoms with Gasteiger partial charge in [-0.3, -0.25) is 0 Å². The number of aliphatic hydroxyl groups is 14. The van der Waals surface area contributed by atoms with Gasteiger partial charge in [-0.05, 0) is 0 Å². The molecule has 0 aromatic carbocycles. The van der Waals surface area contributed by atoms with Gasteiger partial charge in [-0.25, -0.2) is 0 Å². The molecule has 4 fully saturated rings. The molecule has 0 radical (unpaired) electrons. The van der Waals surface area contributed by atoms with E-state index in [1.165, 1.54) is 0 Å². The second-order valence-corrected chi connectivity index (χ2v) is 11.1. The number of rotatable bonds is 10. The van der Waals surface area contributed by atoms with Crippen molar-refractivity contribution in [3.8, 4) is 0 Å². The fraction of sp³-hybridized carbons (Fsp3) is 1.00. The van der Waals surface area contributed by atoms with Gasteiger partial charge in [0.05, 0.1) is 26.4 Å². The minimum Gasteiger partial charge on any atom is -0.394 e. The Labute approximate surface area is 254 Å². The van der Waals surface area contributed by atoms with Crippen molar-refractivity contribution >= 4 is 0 Å². The minimum absolute atomic E-state index is 0.787. The maximum absolute atomic E-state index is 11.0. The zero-order chi connectivity index (χ0) is 33.3. The van der Waals surface area contributed by atoms with E-state index in [0.29, 0.717) is 0 Å². The average molecular weight is 667 g/mol. The first-order chi connectivity index (χ1) is 21.3. The quantitative estimate of drug-likeness (QED) is 0.103. The standard InChI is InChI=1S/C24H42O21/c25-1-5-9(29)12(32)14(34)22(40-5)45-20-11(31)7(3-27)41-24(17(20)37)43-18-8(4-28)42-23(15(35)13(18)33)44-19-10(30)6(2-26)39-21(38)16(19)36/h5-38H,1-4H2/t5-,6-,7-,8-,9+,10+,11+,12+,13-,14-,15-,16-,17-,18+,19+,20+,21-,22-,23-,24+/m1/s1. The third kappa shape index (κ3) is 7.44. The third-order valence-corrected chi connectivity index (χ3v) is 8.21. The molecule has 0 saturated carbocycles. The first-order valence-corrected chi connectivity index (χ1v) is 14.1. The van der Waals surface area contributed by atoms with Gasteiger partial charge in [0.2, 0.25) is 0 Å². The third-order valence-electron chi connectivity index (χ3n) is 8.21. The van der Waals surface area contributed by atoms with E-state index in [0.717, 1.165) is 0 Å². The van der Waals surface area contributed by atoms with Crippen LogP contribution in [-0.4, -0.2) is 221 Å². The largest absolute Gasteiger partial charge is 0.394 e. The first-order valence-electron chi connectivity index (χ1n) is 14.1. The van der Waals surface area contributed by atoms with Crippen molar-refractivity contribution in [1.82, 2.24) is 0 Å². The highest BCUT2D eigenvalue weighted by atomic mass is 16.8. The normalized spacial score (nSPS) is 52.9. The van der Waals surface area contributed by atoms with Gasteiger partial charge < -0.3 is 105 Å². The van der Waals surface area contributed by atoms with E-state index >= 15 is 0 Å². The van der Waals surface area contributed by atoms with Crippen LogP contribution >= 0.6 is 0 Å². The summed E-state index contributed by atoms with van der Waals surface area (Å²) in [4.78, 5) is 0. The van der Waals surface area contributed by atoms with Crippen molar-refractivity contribution in [3.05, 3.63) is 0 Å². The molecule has 4 aliphatic rings. The lowest BCUT2D eigenvalue weighted by Crippen LogP contribution is -2.67. The number of hydrogen-bond acceptors (Lipinski definition) is 21. The smallest absolute Gasteiger partial charge is 0.187 e. The summed E-state index contributed by atoms with van der Waals surface area (Å²) in [6, 6.07) is 0. The molecule has 4 rings (SSSR count). The number of hydrogen-bond donors (Lipinski definition) is 14. The summed E-state index contributed by atoms with van der Waals surface area (Å²) in [5.41, 5.74) is 0. The molecule has 45 heavy (non-hydrogen) atoms. The Morgan fingerprint density at radius 3 is 1.22 bits per heavy atom. The second-order valence-electron chi connectivity index (χ2n) is 11.1. The van der Waals surface area contributed by atoms with Crippen LogP contribution in [0.15, 0.2) is 0 Å². The molecule has 4 heterocycles. The molecule has 4 saturated heterocycles. The van der Waals surface area contributed by atoms with Crippen LogP contribution in [0.25, 0.3) is 0 Å². The molecule has 21 nitrogen and oxygen atoms in total. The summed E-state index contributed by atoms with van der Waals surface area (Å²) in [5.74, 6) is 0. The van der Waals surface area contributed by atoms with E-state index in [4.69, 9.17) is 33.2 Å². The molecule has 4 aliphatic heterocycles. The van der Waals surface area contributed by atoms with Crippen molar-refractivity contribution in [1.29, 1.82) is 0 Å². The van der Waals surface area contributed by atoms with E-state index in [9.17, 15) is 71.5 Å². The van der Waals surface area contributed by atoms with Crippen LogP contribution in [0.3, 0.4) is 0 Å². The molecular formula is C24H42O21. The molecule has 0 aromatic rings. The Hall–Kier alpha value is -0.840.